The average Bonchev–Trinajstić information content (AvgIpc) is 2.66. The van der Waals surface area contributed by atoms with Crippen LogP contribution in [0.5, 0.6) is 0 Å². The van der Waals surface area contributed by atoms with Crippen LogP contribution in [0.15, 0.2) is 30.6 Å². The molecule has 0 saturated heterocycles. The number of imide groups is 1. The van der Waals surface area contributed by atoms with Gasteiger partial charge in [0, 0.05) is 12.7 Å². The summed E-state index contributed by atoms with van der Waals surface area (Å²) in [5.74, 6) is 0.233. The molecular weight excluding hydrogens is 258 g/mol. The molecule has 3 rings (SSSR count). The zero-order valence-electron chi connectivity index (χ0n) is 10.6. The number of anilines is 3. The molecule has 2 amide bonds. The first-order valence-electron chi connectivity index (χ1n) is 5.87. The molecule has 7 heteroatoms. The van der Waals surface area contributed by atoms with E-state index in [1.807, 2.05) is 0 Å². The SMILES string of the molecule is CN1C(=O)c2ccc(Nc3cnc(N)cn3)cc2C1=O. The minimum atomic E-state index is -0.308. The molecule has 0 saturated carbocycles. The number of aromatic nitrogens is 2. The van der Waals surface area contributed by atoms with E-state index in [1.165, 1.54) is 19.4 Å². The van der Waals surface area contributed by atoms with Crippen LogP contribution in [0.3, 0.4) is 0 Å². The summed E-state index contributed by atoms with van der Waals surface area (Å²) in [6.45, 7) is 0. The number of hydrogen-bond acceptors (Lipinski definition) is 6. The van der Waals surface area contributed by atoms with Crippen molar-refractivity contribution in [3.05, 3.63) is 41.7 Å². The summed E-state index contributed by atoms with van der Waals surface area (Å²) in [4.78, 5) is 32.7. The van der Waals surface area contributed by atoms with Crippen molar-refractivity contribution in [3.8, 4) is 0 Å². The lowest BCUT2D eigenvalue weighted by molar-refractivity contribution is 0.0693. The third kappa shape index (κ3) is 1.85. The number of nitrogens with zero attached hydrogens (tertiary/aromatic N) is 3. The van der Waals surface area contributed by atoms with Crippen molar-refractivity contribution in [2.24, 2.45) is 0 Å². The van der Waals surface area contributed by atoms with Crippen molar-refractivity contribution in [2.75, 3.05) is 18.1 Å². The number of hydrogen-bond donors (Lipinski definition) is 2. The van der Waals surface area contributed by atoms with E-state index in [2.05, 4.69) is 15.3 Å². The molecule has 1 aromatic heterocycles. The summed E-state index contributed by atoms with van der Waals surface area (Å²) in [5, 5.41) is 3.00. The average molecular weight is 269 g/mol. The molecule has 1 aromatic carbocycles. The number of nitrogens with two attached hydrogens (primary N) is 1. The van der Waals surface area contributed by atoms with Crippen LogP contribution >= 0.6 is 0 Å². The van der Waals surface area contributed by atoms with Gasteiger partial charge in [-0.2, -0.15) is 0 Å². The standard InChI is InChI=1S/C13H11N5O2/c1-18-12(19)8-3-2-7(4-9(8)13(18)20)17-11-6-15-10(14)5-16-11/h2-6H,1H3,(H2,14,15)(H,16,17). The van der Waals surface area contributed by atoms with Crippen molar-refractivity contribution >= 4 is 29.1 Å². The number of carbonyl (C=O) groups is 2. The van der Waals surface area contributed by atoms with Crippen LogP contribution in [0, 0.1) is 0 Å². The first kappa shape index (κ1) is 12.1. The maximum atomic E-state index is 11.9. The molecule has 3 N–H and O–H groups in total. The fraction of sp³-hybridized carbons (Fsp3) is 0.0769. The van der Waals surface area contributed by atoms with Gasteiger partial charge >= 0.3 is 0 Å². The Morgan fingerprint density at radius 2 is 1.85 bits per heavy atom. The monoisotopic (exact) mass is 269 g/mol. The zero-order chi connectivity index (χ0) is 14.3. The lowest BCUT2D eigenvalue weighted by atomic mass is 10.1. The molecule has 0 unspecified atom stereocenters. The molecule has 0 atom stereocenters. The van der Waals surface area contributed by atoms with E-state index < -0.39 is 0 Å². The number of carbonyl (C=O) groups excluding carboxylic acids is 2. The molecule has 2 aromatic rings. The van der Waals surface area contributed by atoms with Crippen molar-refractivity contribution in [3.63, 3.8) is 0 Å². The topological polar surface area (TPSA) is 101 Å². The van der Waals surface area contributed by atoms with E-state index >= 15 is 0 Å². The van der Waals surface area contributed by atoms with Crippen LogP contribution in [-0.2, 0) is 0 Å². The smallest absolute Gasteiger partial charge is 0.261 e. The maximum Gasteiger partial charge on any atom is 0.261 e. The van der Waals surface area contributed by atoms with Gasteiger partial charge in [0.05, 0.1) is 23.5 Å². The normalized spacial score (nSPS) is 13.6. The van der Waals surface area contributed by atoms with E-state index in [4.69, 9.17) is 5.73 Å². The van der Waals surface area contributed by atoms with Crippen molar-refractivity contribution < 1.29 is 9.59 Å². The highest BCUT2D eigenvalue weighted by molar-refractivity contribution is 6.21. The molecule has 0 radical (unpaired) electrons. The summed E-state index contributed by atoms with van der Waals surface area (Å²) in [7, 11) is 1.46. The van der Waals surface area contributed by atoms with Crippen LogP contribution in [0.1, 0.15) is 20.7 Å². The van der Waals surface area contributed by atoms with Crippen molar-refractivity contribution in [1.82, 2.24) is 14.9 Å². The van der Waals surface area contributed by atoms with Gasteiger partial charge in [0.15, 0.2) is 0 Å². The van der Waals surface area contributed by atoms with E-state index in [-0.39, 0.29) is 11.8 Å². The molecule has 0 spiro atoms. The molecule has 2 heterocycles. The zero-order valence-corrected chi connectivity index (χ0v) is 10.6. The van der Waals surface area contributed by atoms with Crippen LogP contribution in [0.2, 0.25) is 0 Å². The lowest BCUT2D eigenvalue weighted by Crippen LogP contribution is -2.24. The summed E-state index contributed by atoms with van der Waals surface area (Å²) < 4.78 is 0. The van der Waals surface area contributed by atoms with Gasteiger partial charge in [0.25, 0.3) is 11.8 Å². The molecule has 0 aliphatic carbocycles. The number of rotatable bonds is 2. The molecule has 1 aliphatic rings. The summed E-state index contributed by atoms with van der Waals surface area (Å²) >= 11 is 0. The Bertz CT molecular complexity index is 711. The second-order valence-corrected chi connectivity index (χ2v) is 4.38. The van der Waals surface area contributed by atoms with Crippen LogP contribution in [-0.4, -0.2) is 33.7 Å². The highest BCUT2D eigenvalue weighted by Crippen LogP contribution is 2.25. The predicted octanol–water partition coefficient (Wildman–Crippen LogP) is 1.03. The summed E-state index contributed by atoms with van der Waals surface area (Å²) in [5.41, 5.74) is 6.89. The lowest BCUT2D eigenvalue weighted by Gasteiger charge is -2.06. The predicted molar refractivity (Wildman–Crippen MR) is 72.6 cm³/mol. The first-order chi connectivity index (χ1) is 9.56. The number of benzene rings is 1. The fourth-order valence-electron chi connectivity index (χ4n) is 1.99. The van der Waals surface area contributed by atoms with Crippen LogP contribution < -0.4 is 11.1 Å². The van der Waals surface area contributed by atoms with Crippen LogP contribution in [0.25, 0.3) is 0 Å². The molecule has 1 aliphatic heterocycles. The fourth-order valence-corrected chi connectivity index (χ4v) is 1.99. The number of nitrogens with one attached hydrogen (secondary N) is 1. The van der Waals surface area contributed by atoms with Gasteiger partial charge in [-0.25, -0.2) is 9.97 Å². The Kier molecular flexibility index (Phi) is 2.60. The second-order valence-electron chi connectivity index (χ2n) is 4.38. The third-order valence-electron chi connectivity index (χ3n) is 3.03. The summed E-state index contributed by atoms with van der Waals surface area (Å²) in [6.07, 6.45) is 2.92. The molecular formula is C13H11N5O2. The highest BCUT2D eigenvalue weighted by atomic mass is 16.2. The molecule has 20 heavy (non-hydrogen) atoms. The van der Waals surface area contributed by atoms with Gasteiger partial charge in [0.1, 0.15) is 11.6 Å². The summed E-state index contributed by atoms with van der Waals surface area (Å²) in [6, 6.07) is 4.95. The van der Waals surface area contributed by atoms with Gasteiger partial charge in [-0.1, -0.05) is 0 Å². The molecule has 100 valence electrons. The van der Waals surface area contributed by atoms with Crippen LogP contribution in [0.4, 0.5) is 17.3 Å². The number of fused-ring (bicyclic) bond motifs is 1. The Balaban J connectivity index is 1.92. The Morgan fingerprint density at radius 3 is 2.55 bits per heavy atom. The van der Waals surface area contributed by atoms with E-state index in [1.54, 1.807) is 18.2 Å². The minimum absolute atomic E-state index is 0.288. The Labute approximate surface area is 114 Å². The second kappa shape index (κ2) is 4.30. The largest absolute Gasteiger partial charge is 0.382 e. The molecule has 0 bridgehead atoms. The molecule has 0 fully saturated rings. The first-order valence-corrected chi connectivity index (χ1v) is 5.87. The van der Waals surface area contributed by atoms with E-state index in [0.29, 0.717) is 28.5 Å². The van der Waals surface area contributed by atoms with Gasteiger partial charge in [-0.05, 0) is 18.2 Å². The van der Waals surface area contributed by atoms with Gasteiger partial charge in [-0.3, -0.25) is 14.5 Å². The third-order valence-corrected chi connectivity index (χ3v) is 3.03. The van der Waals surface area contributed by atoms with E-state index in [9.17, 15) is 9.59 Å². The van der Waals surface area contributed by atoms with E-state index in [0.717, 1.165) is 4.90 Å². The van der Waals surface area contributed by atoms with Crippen molar-refractivity contribution in [1.29, 1.82) is 0 Å². The highest BCUT2D eigenvalue weighted by Gasteiger charge is 2.32. The Morgan fingerprint density at radius 1 is 1.10 bits per heavy atom. The van der Waals surface area contributed by atoms with Crippen molar-refractivity contribution in [2.45, 2.75) is 0 Å². The molecule has 7 nitrogen and oxygen atoms in total. The van der Waals surface area contributed by atoms with Gasteiger partial charge in [-0.15, -0.1) is 0 Å². The number of nitrogen functional groups attached to an aromatic ring is 1. The maximum absolute atomic E-state index is 11.9. The number of amides is 2. The van der Waals surface area contributed by atoms with Gasteiger partial charge < -0.3 is 11.1 Å². The quantitative estimate of drug-likeness (QED) is 0.789. The minimum Gasteiger partial charge on any atom is -0.382 e. The Hall–Kier alpha value is -2.96. The van der Waals surface area contributed by atoms with Gasteiger partial charge in [0.2, 0.25) is 0 Å².